The topological polar surface area (TPSA) is 32.3 Å². The van der Waals surface area contributed by atoms with Crippen LogP contribution in [0.5, 0.6) is 0 Å². The molecule has 1 fully saturated rings. The Morgan fingerprint density at radius 3 is 3.00 bits per heavy atom. The average Bonchev–Trinajstić information content (AvgIpc) is 2.63. The number of allylic oxidation sites excluding steroid dienone is 1. The van der Waals surface area contributed by atoms with Crippen LogP contribution < -0.4 is 5.32 Å². The first kappa shape index (κ1) is 9.56. The molecule has 2 rings (SSSR count). The molecule has 0 unspecified atom stereocenters. The molecule has 78 valence electrons. The predicted octanol–water partition coefficient (Wildman–Crippen LogP) is 1.90. The molecule has 0 atom stereocenters. The van der Waals surface area contributed by atoms with E-state index in [1.807, 2.05) is 4.90 Å². The van der Waals surface area contributed by atoms with Crippen LogP contribution in [0.3, 0.4) is 0 Å². The summed E-state index contributed by atoms with van der Waals surface area (Å²) in [6.07, 6.45) is 8.59. The van der Waals surface area contributed by atoms with Crippen molar-refractivity contribution in [2.45, 2.75) is 32.1 Å². The molecule has 0 radical (unpaired) electrons. The van der Waals surface area contributed by atoms with Crippen LogP contribution in [0.2, 0.25) is 0 Å². The highest BCUT2D eigenvalue weighted by molar-refractivity contribution is 5.76. The summed E-state index contributed by atoms with van der Waals surface area (Å²) < 4.78 is 0. The third-order valence-corrected chi connectivity index (χ3v) is 3.03. The van der Waals surface area contributed by atoms with Crippen LogP contribution in [0.1, 0.15) is 32.1 Å². The highest BCUT2D eigenvalue weighted by atomic mass is 16.2. The van der Waals surface area contributed by atoms with Gasteiger partial charge in [0.05, 0.1) is 0 Å². The van der Waals surface area contributed by atoms with Gasteiger partial charge in [-0.3, -0.25) is 0 Å². The lowest BCUT2D eigenvalue weighted by Crippen LogP contribution is -2.29. The molecular formula is C11H18N2O. The Balaban J connectivity index is 1.76. The van der Waals surface area contributed by atoms with Crippen molar-refractivity contribution in [1.29, 1.82) is 0 Å². The Hall–Kier alpha value is -0.990. The lowest BCUT2D eigenvalue weighted by molar-refractivity contribution is 0.218. The third-order valence-electron chi connectivity index (χ3n) is 3.03. The number of urea groups is 1. The Morgan fingerprint density at radius 1 is 1.43 bits per heavy atom. The molecule has 2 aliphatic rings. The van der Waals surface area contributed by atoms with Gasteiger partial charge >= 0.3 is 6.03 Å². The van der Waals surface area contributed by atoms with Gasteiger partial charge in [-0.1, -0.05) is 11.6 Å². The highest BCUT2D eigenvalue weighted by Gasteiger charge is 2.18. The minimum absolute atomic E-state index is 0.112. The van der Waals surface area contributed by atoms with Gasteiger partial charge in [0, 0.05) is 19.6 Å². The fourth-order valence-corrected chi connectivity index (χ4v) is 2.13. The van der Waals surface area contributed by atoms with Gasteiger partial charge in [0.2, 0.25) is 0 Å². The molecule has 0 saturated carbocycles. The smallest absolute Gasteiger partial charge is 0.317 e. The largest absolute Gasteiger partial charge is 0.336 e. The number of rotatable bonds is 3. The van der Waals surface area contributed by atoms with Crippen molar-refractivity contribution in [3.63, 3.8) is 0 Å². The number of hydrogen-bond donors (Lipinski definition) is 1. The maximum Gasteiger partial charge on any atom is 0.317 e. The molecule has 3 heteroatoms. The van der Waals surface area contributed by atoms with Gasteiger partial charge in [-0.05, 0) is 32.1 Å². The molecule has 0 spiro atoms. The van der Waals surface area contributed by atoms with Crippen molar-refractivity contribution in [2.75, 3.05) is 19.6 Å². The standard InChI is InChI=1S/C11H18N2O/c14-11-12-7-9-13(11)8-6-10-4-2-1-3-5-10/h4H,1-3,5-9H2,(H,12,14). The van der Waals surface area contributed by atoms with Gasteiger partial charge in [0.1, 0.15) is 0 Å². The Bertz CT molecular complexity index is 248. The molecule has 0 aromatic heterocycles. The zero-order valence-corrected chi connectivity index (χ0v) is 8.59. The Kier molecular flexibility index (Phi) is 3.07. The molecule has 1 aliphatic heterocycles. The quantitative estimate of drug-likeness (QED) is 0.684. The molecule has 2 amide bonds. The maximum atomic E-state index is 11.2. The lowest BCUT2D eigenvalue weighted by atomic mass is 9.97. The highest BCUT2D eigenvalue weighted by Crippen LogP contribution is 2.20. The zero-order chi connectivity index (χ0) is 9.80. The first-order valence-corrected chi connectivity index (χ1v) is 5.57. The van der Waals surface area contributed by atoms with Crippen LogP contribution in [-0.2, 0) is 0 Å². The van der Waals surface area contributed by atoms with Crippen molar-refractivity contribution in [3.05, 3.63) is 11.6 Å². The van der Waals surface area contributed by atoms with E-state index in [1.165, 1.54) is 25.7 Å². The van der Waals surface area contributed by atoms with E-state index in [9.17, 15) is 4.79 Å². The van der Waals surface area contributed by atoms with E-state index in [-0.39, 0.29) is 6.03 Å². The van der Waals surface area contributed by atoms with Crippen LogP contribution >= 0.6 is 0 Å². The molecule has 14 heavy (non-hydrogen) atoms. The summed E-state index contributed by atoms with van der Waals surface area (Å²) in [5, 5.41) is 2.82. The summed E-state index contributed by atoms with van der Waals surface area (Å²) in [6.45, 7) is 2.60. The van der Waals surface area contributed by atoms with Gasteiger partial charge in [0.15, 0.2) is 0 Å². The Morgan fingerprint density at radius 2 is 2.36 bits per heavy atom. The van der Waals surface area contributed by atoms with Crippen molar-refractivity contribution in [1.82, 2.24) is 10.2 Å². The molecule has 0 aromatic rings. The van der Waals surface area contributed by atoms with E-state index in [0.717, 1.165) is 26.1 Å². The summed E-state index contributed by atoms with van der Waals surface area (Å²) in [4.78, 5) is 13.2. The number of carbonyl (C=O) groups excluding carboxylic acids is 1. The molecule has 0 aromatic carbocycles. The number of amides is 2. The van der Waals surface area contributed by atoms with Gasteiger partial charge in [-0.25, -0.2) is 4.79 Å². The van der Waals surface area contributed by atoms with Gasteiger partial charge < -0.3 is 10.2 Å². The number of nitrogens with one attached hydrogen (secondary N) is 1. The van der Waals surface area contributed by atoms with E-state index in [4.69, 9.17) is 0 Å². The van der Waals surface area contributed by atoms with Crippen molar-refractivity contribution in [2.24, 2.45) is 0 Å². The second-order valence-electron chi connectivity index (χ2n) is 4.08. The lowest BCUT2D eigenvalue weighted by Gasteiger charge is -2.17. The molecule has 1 aliphatic carbocycles. The third kappa shape index (κ3) is 2.28. The monoisotopic (exact) mass is 194 g/mol. The van der Waals surface area contributed by atoms with E-state index in [2.05, 4.69) is 11.4 Å². The normalized spacial score (nSPS) is 22.1. The number of carbonyl (C=O) groups is 1. The molecule has 1 saturated heterocycles. The second kappa shape index (κ2) is 4.49. The SMILES string of the molecule is O=C1NCCN1CCC1=CCCCC1. The van der Waals surface area contributed by atoms with Crippen LogP contribution in [-0.4, -0.2) is 30.6 Å². The summed E-state index contributed by atoms with van der Waals surface area (Å²) in [5.74, 6) is 0. The molecule has 0 bridgehead atoms. The van der Waals surface area contributed by atoms with Crippen LogP contribution in [0.25, 0.3) is 0 Å². The summed E-state index contributed by atoms with van der Waals surface area (Å²) in [5.41, 5.74) is 1.55. The fourth-order valence-electron chi connectivity index (χ4n) is 2.13. The number of nitrogens with zero attached hydrogens (tertiary/aromatic N) is 1. The van der Waals surface area contributed by atoms with Crippen molar-refractivity contribution < 1.29 is 4.79 Å². The second-order valence-corrected chi connectivity index (χ2v) is 4.08. The molecule has 1 N–H and O–H groups in total. The molecule has 3 nitrogen and oxygen atoms in total. The van der Waals surface area contributed by atoms with Gasteiger partial charge in [-0.15, -0.1) is 0 Å². The van der Waals surface area contributed by atoms with Gasteiger partial charge in [0.25, 0.3) is 0 Å². The first-order chi connectivity index (χ1) is 6.86. The number of hydrogen-bond acceptors (Lipinski definition) is 1. The molecule has 1 heterocycles. The van der Waals surface area contributed by atoms with Crippen LogP contribution in [0.4, 0.5) is 4.79 Å². The van der Waals surface area contributed by atoms with E-state index in [0.29, 0.717) is 0 Å². The fraction of sp³-hybridized carbons (Fsp3) is 0.727. The maximum absolute atomic E-state index is 11.2. The van der Waals surface area contributed by atoms with Crippen LogP contribution in [0.15, 0.2) is 11.6 Å². The average molecular weight is 194 g/mol. The Labute approximate surface area is 85.2 Å². The van der Waals surface area contributed by atoms with E-state index < -0.39 is 0 Å². The summed E-state index contributed by atoms with van der Waals surface area (Å²) in [6, 6.07) is 0.112. The molecular weight excluding hydrogens is 176 g/mol. The zero-order valence-electron chi connectivity index (χ0n) is 8.59. The predicted molar refractivity (Wildman–Crippen MR) is 56.1 cm³/mol. The van der Waals surface area contributed by atoms with Crippen molar-refractivity contribution >= 4 is 6.03 Å². The van der Waals surface area contributed by atoms with Gasteiger partial charge in [-0.2, -0.15) is 0 Å². The first-order valence-electron chi connectivity index (χ1n) is 5.57. The van der Waals surface area contributed by atoms with E-state index >= 15 is 0 Å². The minimum Gasteiger partial charge on any atom is -0.336 e. The van der Waals surface area contributed by atoms with Crippen molar-refractivity contribution in [3.8, 4) is 0 Å². The van der Waals surface area contributed by atoms with Crippen LogP contribution in [0, 0.1) is 0 Å². The van der Waals surface area contributed by atoms with E-state index in [1.54, 1.807) is 5.57 Å². The summed E-state index contributed by atoms with van der Waals surface area (Å²) >= 11 is 0. The minimum atomic E-state index is 0.112. The summed E-state index contributed by atoms with van der Waals surface area (Å²) in [7, 11) is 0.